The second kappa shape index (κ2) is 6.78. The van der Waals surface area contributed by atoms with Crippen LogP contribution >= 0.6 is 11.6 Å². The normalized spacial score (nSPS) is 12.2. The Labute approximate surface area is 125 Å². The first-order valence-corrected chi connectivity index (χ1v) is 7.10. The fourth-order valence-electron chi connectivity index (χ4n) is 2.13. The summed E-state index contributed by atoms with van der Waals surface area (Å²) in [5.41, 5.74) is 3.74. The quantitative estimate of drug-likeness (QED) is 0.874. The van der Waals surface area contributed by atoms with Gasteiger partial charge in [0.2, 0.25) is 0 Å². The van der Waals surface area contributed by atoms with Crippen molar-refractivity contribution in [2.24, 2.45) is 0 Å². The molecular formula is C17H20ClNO. The van der Waals surface area contributed by atoms with Gasteiger partial charge in [0, 0.05) is 17.6 Å². The molecule has 20 heavy (non-hydrogen) atoms. The Morgan fingerprint density at radius 2 is 1.85 bits per heavy atom. The van der Waals surface area contributed by atoms with Crippen LogP contribution in [0.25, 0.3) is 0 Å². The van der Waals surface area contributed by atoms with Gasteiger partial charge in [0.1, 0.15) is 5.75 Å². The summed E-state index contributed by atoms with van der Waals surface area (Å²) in [6.07, 6.45) is 0. The maximum Gasteiger partial charge on any atom is 0.118 e. The molecular weight excluding hydrogens is 270 g/mol. The summed E-state index contributed by atoms with van der Waals surface area (Å²) in [7, 11) is 1.68. The van der Waals surface area contributed by atoms with Crippen LogP contribution in [0.4, 0.5) is 0 Å². The Kier molecular flexibility index (Phi) is 5.05. The first-order valence-electron chi connectivity index (χ1n) is 6.72. The molecule has 0 saturated carbocycles. The highest BCUT2D eigenvalue weighted by atomic mass is 35.5. The van der Waals surface area contributed by atoms with Gasteiger partial charge in [-0.05, 0) is 54.8 Å². The summed E-state index contributed by atoms with van der Waals surface area (Å²) in [5, 5.41) is 4.32. The van der Waals surface area contributed by atoms with Gasteiger partial charge in [-0.25, -0.2) is 0 Å². The molecule has 2 aromatic rings. The van der Waals surface area contributed by atoms with E-state index in [1.54, 1.807) is 7.11 Å². The lowest BCUT2D eigenvalue weighted by Crippen LogP contribution is -2.18. The standard InChI is InChI=1S/C17H20ClNO/c1-12-10-16(18)7-4-15(12)11-19-13(2)14-5-8-17(20-3)9-6-14/h4-10,13,19H,11H2,1-3H3/t13-/m1/s1. The number of methoxy groups -OCH3 is 1. The van der Waals surface area contributed by atoms with Crippen LogP contribution in [-0.2, 0) is 6.54 Å². The van der Waals surface area contributed by atoms with E-state index in [4.69, 9.17) is 16.3 Å². The largest absolute Gasteiger partial charge is 0.497 e. The SMILES string of the molecule is COc1ccc([C@@H](C)NCc2ccc(Cl)cc2C)cc1. The van der Waals surface area contributed by atoms with Gasteiger partial charge in [-0.1, -0.05) is 29.8 Å². The number of hydrogen-bond donors (Lipinski definition) is 1. The average molecular weight is 290 g/mol. The number of ether oxygens (including phenoxy) is 1. The Balaban J connectivity index is 1.98. The summed E-state index contributed by atoms with van der Waals surface area (Å²) in [6, 6.07) is 14.4. The molecule has 0 spiro atoms. The third-order valence-corrected chi connectivity index (χ3v) is 3.75. The molecule has 106 valence electrons. The first kappa shape index (κ1) is 14.9. The maximum atomic E-state index is 5.97. The minimum atomic E-state index is 0.288. The highest BCUT2D eigenvalue weighted by Gasteiger charge is 2.06. The van der Waals surface area contributed by atoms with E-state index in [0.717, 1.165) is 17.3 Å². The van der Waals surface area contributed by atoms with Crippen LogP contribution in [0.3, 0.4) is 0 Å². The fourth-order valence-corrected chi connectivity index (χ4v) is 2.36. The monoisotopic (exact) mass is 289 g/mol. The van der Waals surface area contributed by atoms with Crippen molar-refractivity contribution in [3.63, 3.8) is 0 Å². The number of rotatable bonds is 5. The molecule has 2 rings (SSSR count). The van der Waals surface area contributed by atoms with Crippen molar-refractivity contribution in [1.29, 1.82) is 0 Å². The predicted molar refractivity (Wildman–Crippen MR) is 84.4 cm³/mol. The Hall–Kier alpha value is -1.51. The van der Waals surface area contributed by atoms with E-state index in [1.165, 1.54) is 16.7 Å². The van der Waals surface area contributed by atoms with Crippen LogP contribution in [0.2, 0.25) is 5.02 Å². The van der Waals surface area contributed by atoms with Crippen molar-refractivity contribution in [1.82, 2.24) is 5.32 Å². The molecule has 0 aliphatic rings. The zero-order valence-corrected chi connectivity index (χ0v) is 12.9. The molecule has 1 atom stereocenters. The van der Waals surface area contributed by atoms with Crippen molar-refractivity contribution in [2.45, 2.75) is 26.4 Å². The van der Waals surface area contributed by atoms with Gasteiger partial charge in [0.05, 0.1) is 7.11 Å². The van der Waals surface area contributed by atoms with Crippen LogP contribution in [0, 0.1) is 6.92 Å². The molecule has 0 aliphatic carbocycles. The number of benzene rings is 2. The number of hydrogen-bond acceptors (Lipinski definition) is 2. The number of nitrogens with one attached hydrogen (secondary N) is 1. The molecule has 0 radical (unpaired) electrons. The van der Waals surface area contributed by atoms with E-state index < -0.39 is 0 Å². The Morgan fingerprint density at radius 3 is 2.45 bits per heavy atom. The molecule has 1 N–H and O–H groups in total. The van der Waals surface area contributed by atoms with Crippen molar-refractivity contribution in [3.8, 4) is 5.75 Å². The van der Waals surface area contributed by atoms with Crippen LogP contribution in [-0.4, -0.2) is 7.11 Å². The Bertz CT molecular complexity index is 566. The molecule has 0 amide bonds. The second-order valence-electron chi connectivity index (χ2n) is 4.95. The highest BCUT2D eigenvalue weighted by Crippen LogP contribution is 2.19. The topological polar surface area (TPSA) is 21.3 Å². The van der Waals surface area contributed by atoms with Gasteiger partial charge < -0.3 is 10.1 Å². The predicted octanol–water partition coefficient (Wildman–Crippen LogP) is 4.51. The van der Waals surface area contributed by atoms with E-state index in [2.05, 4.69) is 37.4 Å². The molecule has 2 nitrogen and oxygen atoms in total. The molecule has 0 bridgehead atoms. The van der Waals surface area contributed by atoms with E-state index in [0.29, 0.717) is 0 Å². The molecule has 0 unspecified atom stereocenters. The van der Waals surface area contributed by atoms with Crippen molar-refractivity contribution in [3.05, 3.63) is 64.2 Å². The van der Waals surface area contributed by atoms with Gasteiger partial charge in [-0.3, -0.25) is 0 Å². The zero-order chi connectivity index (χ0) is 14.5. The first-order chi connectivity index (χ1) is 9.60. The van der Waals surface area contributed by atoms with Gasteiger partial charge in [-0.2, -0.15) is 0 Å². The van der Waals surface area contributed by atoms with Gasteiger partial charge >= 0.3 is 0 Å². The van der Waals surface area contributed by atoms with Crippen molar-refractivity contribution < 1.29 is 4.74 Å². The molecule has 0 heterocycles. The molecule has 3 heteroatoms. The average Bonchev–Trinajstić information content (AvgIpc) is 2.46. The molecule has 0 aromatic heterocycles. The highest BCUT2D eigenvalue weighted by molar-refractivity contribution is 6.30. The maximum absolute atomic E-state index is 5.97. The van der Waals surface area contributed by atoms with Crippen LogP contribution in [0.5, 0.6) is 5.75 Å². The van der Waals surface area contributed by atoms with E-state index in [1.807, 2.05) is 24.3 Å². The van der Waals surface area contributed by atoms with Gasteiger partial charge in [0.25, 0.3) is 0 Å². The lowest BCUT2D eigenvalue weighted by atomic mass is 10.1. The fraction of sp³-hybridized carbons (Fsp3) is 0.294. The Morgan fingerprint density at radius 1 is 1.15 bits per heavy atom. The van der Waals surface area contributed by atoms with Gasteiger partial charge in [0.15, 0.2) is 0 Å². The summed E-state index contributed by atoms with van der Waals surface area (Å²) in [6.45, 7) is 5.07. The second-order valence-corrected chi connectivity index (χ2v) is 5.38. The summed E-state index contributed by atoms with van der Waals surface area (Å²) < 4.78 is 5.17. The van der Waals surface area contributed by atoms with Gasteiger partial charge in [-0.15, -0.1) is 0 Å². The lowest BCUT2D eigenvalue weighted by molar-refractivity contribution is 0.414. The third-order valence-electron chi connectivity index (χ3n) is 3.52. The minimum absolute atomic E-state index is 0.288. The van der Waals surface area contributed by atoms with E-state index in [9.17, 15) is 0 Å². The molecule has 0 fully saturated rings. The van der Waals surface area contributed by atoms with Crippen LogP contribution < -0.4 is 10.1 Å². The van der Waals surface area contributed by atoms with Crippen LogP contribution in [0.15, 0.2) is 42.5 Å². The number of aryl methyl sites for hydroxylation is 1. The summed E-state index contributed by atoms with van der Waals surface area (Å²) >= 11 is 5.97. The van der Waals surface area contributed by atoms with Crippen LogP contribution in [0.1, 0.15) is 29.7 Å². The lowest BCUT2D eigenvalue weighted by Gasteiger charge is -2.16. The minimum Gasteiger partial charge on any atom is -0.497 e. The molecule has 0 saturated heterocycles. The third kappa shape index (κ3) is 3.75. The van der Waals surface area contributed by atoms with Crippen molar-refractivity contribution >= 4 is 11.6 Å². The smallest absolute Gasteiger partial charge is 0.118 e. The summed E-state index contributed by atoms with van der Waals surface area (Å²) in [5.74, 6) is 0.884. The molecule has 2 aromatic carbocycles. The summed E-state index contributed by atoms with van der Waals surface area (Å²) in [4.78, 5) is 0. The van der Waals surface area contributed by atoms with E-state index in [-0.39, 0.29) is 6.04 Å². The number of halogens is 1. The van der Waals surface area contributed by atoms with Crippen molar-refractivity contribution in [2.75, 3.05) is 7.11 Å². The molecule has 0 aliphatic heterocycles. The zero-order valence-electron chi connectivity index (χ0n) is 12.1. The van der Waals surface area contributed by atoms with E-state index >= 15 is 0 Å².